The first kappa shape index (κ1) is 13.5. The summed E-state index contributed by atoms with van der Waals surface area (Å²) in [7, 11) is 0. The molecule has 0 heterocycles. The molecule has 2 N–H and O–H groups in total. The molecule has 0 bridgehead atoms. The van der Waals surface area contributed by atoms with E-state index in [4.69, 9.17) is 5.73 Å². The maximum Gasteiger partial charge on any atom is 0.230 e. The lowest BCUT2D eigenvalue weighted by atomic mass is 9.84. The maximum atomic E-state index is 12.6. The van der Waals surface area contributed by atoms with Crippen molar-refractivity contribution in [1.82, 2.24) is 4.90 Å². The molecule has 1 fully saturated rings. The van der Waals surface area contributed by atoms with Crippen LogP contribution in [0.3, 0.4) is 0 Å². The summed E-state index contributed by atoms with van der Waals surface area (Å²) in [6.45, 7) is 7.63. The van der Waals surface area contributed by atoms with Crippen molar-refractivity contribution < 1.29 is 4.79 Å². The van der Waals surface area contributed by atoms with Gasteiger partial charge in [0.15, 0.2) is 0 Å². The molecular weight excluding hydrogens is 200 g/mol. The molecule has 1 aliphatic rings. The van der Waals surface area contributed by atoms with Crippen LogP contribution in [0.1, 0.15) is 52.9 Å². The van der Waals surface area contributed by atoms with E-state index in [2.05, 4.69) is 20.8 Å². The molecule has 94 valence electrons. The Bertz CT molecular complexity index is 234. The first-order valence-corrected chi connectivity index (χ1v) is 6.62. The molecule has 1 aliphatic carbocycles. The lowest BCUT2D eigenvalue weighted by molar-refractivity contribution is -0.143. The second kappa shape index (κ2) is 5.67. The van der Waals surface area contributed by atoms with E-state index in [1.807, 2.05) is 4.90 Å². The van der Waals surface area contributed by atoms with Gasteiger partial charge in [-0.2, -0.15) is 0 Å². The SMILES string of the molecule is CCC(C)N(CC)C(=O)C1(CN)CCCC1. The van der Waals surface area contributed by atoms with Gasteiger partial charge in [-0.3, -0.25) is 4.79 Å². The Morgan fingerprint density at radius 3 is 2.31 bits per heavy atom. The van der Waals surface area contributed by atoms with Crippen LogP contribution < -0.4 is 5.73 Å². The van der Waals surface area contributed by atoms with Gasteiger partial charge >= 0.3 is 0 Å². The van der Waals surface area contributed by atoms with Crippen LogP contribution in [-0.4, -0.2) is 29.9 Å². The summed E-state index contributed by atoms with van der Waals surface area (Å²) in [6.07, 6.45) is 5.28. The van der Waals surface area contributed by atoms with Gasteiger partial charge < -0.3 is 10.6 Å². The Hall–Kier alpha value is -0.570. The number of carbonyl (C=O) groups excluding carboxylic acids is 1. The second-order valence-corrected chi connectivity index (χ2v) is 5.04. The van der Waals surface area contributed by atoms with Crippen molar-refractivity contribution in [2.75, 3.05) is 13.1 Å². The van der Waals surface area contributed by atoms with Crippen LogP contribution in [0, 0.1) is 5.41 Å². The van der Waals surface area contributed by atoms with Crippen LogP contribution in [0.5, 0.6) is 0 Å². The van der Waals surface area contributed by atoms with E-state index in [0.717, 1.165) is 38.6 Å². The van der Waals surface area contributed by atoms with Crippen molar-refractivity contribution >= 4 is 5.91 Å². The minimum absolute atomic E-state index is 0.237. The minimum Gasteiger partial charge on any atom is -0.340 e. The van der Waals surface area contributed by atoms with Gasteiger partial charge in [0.1, 0.15) is 0 Å². The fraction of sp³-hybridized carbons (Fsp3) is 0.923. The number of amides is 1. The van der Waals surface area contributed by atoms with Crippen molar-refractivity contribution in [2.24, 2.45) is 11.1 Å². The summed E-state index contributed by atoms with van der Waals surface area (Å²) in [6, 6.07) is 0.335. The summed E-state index contributed by atoms with van der Waals surface area (Å²) in [5, 5.41) is 0. The highest BCUT2D eigenvalue weighted by Crippen LogP contribution is 2.39. The van der Waals surface area contributed by atoms with Crippen molar-refractivity contribution in [1.29, 1.82) is 0 Å². The van der Waals surface area contributed by atoms with Gasteiger partial charge in [-0.25, -0.2) is 0 Å². The molecule has 1 unspecified atom stereocenters. The second-order valence-electron chi connectivity index (χ2n) is 5.04. The van der Waals surface area contributed by atoms with E-state index in [9.17, 15) is 4.79 Å². The molecule has 0 saturated heterocycles. The largest absolute Gasteiger partial charge is 0.340 e. The number of nitrogens with two attached hydrogens (primary N) is 1. The van der Waals surface area contributed by atoms with E-state index in [1.54, 1.807) is 0 Å². The van der Waals surface area contributed by atoms with E-state index in [0.29, 0.717) is 18.5 Å². The summed E-state index contributed by atoms with van der Waals surface area (Å²) < 4.78 is 0. The molecule has 16 heavy (non-hydrogen) atoms. The summed E-state index contributed by atoms with van der Waals surface area (Å²) in [5.41, 5.74) is 5.62. The predicted molar refractivity (Wildman–Crippen MR) is 67.1 cm³/mol. The zero-order valence-electron chi connectivity index (χ0n) is 11.0. The Morgan fingerprint density at radius 1 is 1.38 bits per heavy atom. The van der Waals surface area contributed by atoms with E-state index < -0.39 is 0 Å². The molecule has 0 aromatic rings. The summed E-state index contributed by atoms with van der Waals surface area (Å²) in [5.74, 6) is 0.296. The summed E-state index contributed by atoms with van der Waals surface area (Å²) in [4.78, 5) is 14.6. The van der Waals surface area contributed by atoms with Crippen LogP contribution in [-0.2, 0) is 4.79 Å². The molecule has 0 spiro atoms. The average Bonchev–Trinajstić information content (AvgIpc) is 2.79. The lowest BCUT2D eigenvalue weighted by Crippen LogP contribution is -2.49. The van der Waals surface area contributed by atoms with Crippen LogP contribution >= 0.6 is 0 Å². The highest BCUT2D eigenvalue weighted by atomic mass is 16.2. The Balaban J connectivity index is 2.80. The van der Waals surface area contributed by atoms with Gasteiger partial charge in [0.2, 0.25) is 5.91 Å². The van der Waals surface area contributed by atoms with E-state index in [1.165, 1.54) is 0 Å². The van der Waals surface area contributed by atoms with Crippen LogP contribution in [0.4, 0.5) is 0 Å². The topological polar surface area (TPSA) is 46.3 Å². The fourth-order valence-electron chi connectivity index (χ4n) is 2.74. The third-order valence-corrected chi connectivity index (χ3v) is 4.13. The average molecular weight is 226 g/mol. The van der Waals surface area contributed by atoms with Gasteiger partial charge in [-0.1, -0.05) is 19.8 Å². The molecule has 0 aromatic carbocycles. The third kappa shape index (κ3) is 2.40. The number of rotatable bonds is 5. The van der Waals surface area contributed by atoms with E-state index in [-0.39, 0.29) is 5.41 Å². The molecular formula is C13H26N2O. The molecule has 0 radical (unpaired) electrons. The van der Waals surface area contributed by atoms with Crippen molar-refractivity contribution in [3.8, 4) is 0 Å². The summed E-state index contributed by atoms with van der Waals surface area (Å²) >= 11 is 0. The van der Waals surface area contributed by atoms with Crippen molar-refractivity contribution in [2.45, 2.75) is 58.9 Å². The number of nitrogens with zero attached hydrogens (tertiary/aromatic N) is 1. The number of carbonyl (C=O) groups is 1. The zero-order valence-corrected chi connectivity index (χ0v) is 11.0. The first-order chi connectivity index (χ1) is 7.61. The normalized spacial score (nSPS) is 20.8. The number of hydrogen-bond donors (Lipinski definition) is 1. The molecule has 1 amide bonds. The third-order valence-electron chi connectivity index (χ3n) is 4.13. The van der Waals surface area contributed by atoms with Crippen LogP contribution in [0.25, 0.3) is 0 Å². The Morgan fingerprint density at radius 2 is 1.94 bits per heavy atom. The van der Waals surface area contributed by atoms with Gasteiger partial charge in [-0.15, -0.1) is 0 Å². The first-order valence-electron chi connectivity index (χ1n) is 6.62. The minimum atomic E-state index is -0.237. The van der Waals surface area contributed by atoms with E-state index >= 15 is 0 Å². The smallest absolute Gasteiger partial charge is 0.230 e. The Labute approximate surface area is 99.4 Å². The van der Waals surface area contributed by atoms with Crippen LogP contribution in [0.2, 0.25) is 0 Å². The van der Waals surface area contributed by atoms with Gasteiger partial charge in [0.25, 0.3) is 0 Å². The quantitative estimate of drug-likeness (QED) is 0.781. The van der Waals surface area contributed by atoms with Crippen molar-refractivity contribution in [3.63, 3.8) is 0 Å². The Kier molecular flexibility index (Phi) is 4.78. The lowest BCUT2D eigenvalue weighted by Gasteiger charge is -2.36. The van der Waals surface area contributed by atoms with Gasteiger partial charge in [0, 0.05) is 19.1 Å². The number of hydrogen-bond acceptors (Lipinski definition) is 2. The molecule has 1 atom stereocenters. The standard InChI is InChI=1S/C13H26N2O/c1-4-11(3)15(5-2)12(16)13(10-14)8-6-7-9-13/h11H,4-10,14H2,1-3H3. The zero-order chi connectivity index (χ0) is 12.2. The molecule has 3 heteroatoms. The highest BCUT2D eigenvalue weighted by molar-refractivity contribution is 5.83. The fourth-order valence-corrected chi connectivity index (χ4v) is 2.74. The van der Waals surface area contributed by atoms with Crippen LogP contribution in [0.15, 0.2) is 0 Å². The molecule has 0 aliphatic heterocycles. The monoisotopic (exact) mass is 226 g/mol. The van der Waals surface area contributed by atoms with Crippen molar-refractivity contribution in [3.05, 3.63) is 0 Å². The molecule has 1 rings (SSSR count). The highest BCUT2D eigenvalue weighted by Gasteiger charge is 2.42. The molecule has 1 saturated carbocycles. The van der Waals surface area contributed by atoms with Gasteiger partial charge in [-0.05, 0) is 33.1 Å². The maximum absolute atomic E-state index is 12.6. The molecule has 3 nitrogen and oxygen atoms in total. The van der Waals surface area contributed by atoms with Gasteiger partial charge in [0.05, 0.1) is 5.41 Å². The predicted octanol–water partition coefficient (Wildman–Crippen LogP) is 2.15. The molecule has 0 aromatic heterocycles.